The van der Waals surface area contributed by atoms with Gasteiger partial charge in [0, 0.05) is 37.7 Å². The van der Waals surface area contributed by atoms with Crippen LogP contribution in [0.4, 0.5) is 0 Å². The summed E-state index contributed by atoms with van der Waals surface area (Å²) in [7, 11) is 0. The van der Waals surface area contributed by atoms with E-state index in [1.807, 2.05) is 34.1 Å². The molecule has 24 heavy (non-hydrogen) atoms. The third kappa shape index (κ3) is 3.59. The van der Waals surface area contributed by atoms with Gasteiger partial charge in [0.15, 0.2) is 0 Å². The first-order valence-corrected chi connectivity index (χ1v) is 8.73. The van der Waals surface area contributed by atoms with Gasteiger partial charge in [0.25, 0.3) is 5.91 Å². The monoisotopic (exact) mass is 325 g/mol. The number of nitriles is 1. The smallest absolute Gasteiger partial charge is 0.254 e. The second kappa shape index (κ2) is 7.48. The number of carbonyl (C=O) groups excluding carboxylic acids is 2. The van der Waals surface area contributed by atoms with Gasteiger partial charge in [0.2, 0.25) is 5.91 Å². The first kappa shape index (κ1) is 16.5. The van der Waals surface area contributed by atoms with Crippen LogP contribution in [0.25, 0.3) is 0 Å². The number of likely N-dealkylation sites (tertiary alicyclic amines) is 2. The number of carbonyl (C=O) groups is 2. The van der Waals surface area contributed by atoms with Crippen molar-refractivity contribution in [1.29, 1.82) is 5.26 Å². The predicted molar refractivity (Wildman–Crippen MR) is 90.2 cm³/mol. The standard InChI is InChI=1S/C19H23N3O2/c20-11-10-15-6-8-16(9-7-15)19(24)22-13-2-1-4-17(22)14-21-12-3-5-18(21)23/h6-9,17H,1-5,10,12-14H2. The molecular weight excluding hydrogens is 302 g/mol. The summed E-state index contributed by atoms with van der Waals surface area (Å²) in [5.74, 6) is 0.253. The predicted octanol–water partition coefficient (Wildman–Crippen LogP) is 2.37. The topological polar surface area (TPSA) is 64.4 Å². The summed E-state index contributed by atoms with van der Waals surface area (Å²) in [6.45, 7) is 2.24. The molecule has 2 heterocycles. The highest BCUT2D eigenvalue weighted by Gasteiger charge is 2.31. The van der Waals surface area contributed by atoms with Crippen LogP contribution in [-0.4, -0.2) is 47.3 Å². The van der Waals surface area contributed by atoms with Gasteiger partial charge in [-0.15, -0.1) is 0 Å². The van der Waals surface area contributed by atoms with Crippen molar-refractivity contribution in [3.05, 3.63) is 35.4 Å². The van der Waals surface area contributed by atoms with Crippen molar-refractivity contribution in [2.75, 3.05) is 19.6 Å². The Balaban J connectivity index is 1.70. The molecule has 1 atom stereocenters. The minimum atomic E-state index is 0.0369. The molecule has 126 valence electrons. The van der Waals surface area contributed by atoms with Crippen molar-refractivity contribution < 1.29 is 9.59 Å². The first-order chi connectivity index (χ1) is 11.7. The van der Waals surface area contributed by atoms with E-state index in [-0.39, 0.29) is 17.9 Å². The van der Waals surface area contributed by atoms with Gasteiger partial charge in [-0.2, -0.15) is 5.26 Å². The van der Waals surface area contributed by atoms with E-state index in [2.05, 4.69) is 6.07 Å². The van der Waals surface area contributed by atoms with Crippen molar-refractivity contribution in [2.45, 2.75) is 44.6 Å². The Morgan fingerprint density at radius 1 is 1.17 bits per heavy atom. The molecule has 1 aromatic carbocycles. The van der Waals surface area contributed by atoms with E-state index in [4.69, 9.17) is 5.26 Å². The van der Waals surface area contributed by atoms with Gasteiger partial charge >= 0.3 is 0 Å². The molecule has 2 aliphatic rings. The van der Waals surface area contributed by atoms with Crippen molar-refractivity contribution >= 4 is 11.8 Å². The Hall–Kier alpha value is -2.35. The Bertz CT molecular complexity index is 648. The second-order valence-corrected chi connectivity index (χ2v) is 6.62. The van der Waals surface area contributed by atoms with Crippen LogP contribution in [0.1, 0.15) is 48.0 Å². The summed E-state index contributed by atoms with van der Waals surface area (Å²) in [4.78, 5) is 28.6. The molecule has 0 N–H and O–H groups in total. The Morgan fingerprint density at radius 3 is 2.62 bits per heavy atom. The molecular formula is C19H23N3O2. The van der Waals surface area contributed by atoms with E-state index in [1.165, 1.54) is 0 Å². The highest BCUT2D eigenvalue weighted by molar-refractivity contribution is 5.94. The largest absolute Gasteiger partial charge is 0.341 e. The summed E-state index contributed by atoms with van der Waals surface area (Å²) in [5.41, 5.74) is 1.59. The van der Waals surface area contributed by atoms with E-state index in [1.54, 1.807) is 0 Å². The van der Waals surface area contributed by atoms with E-state index < -0.39 is 0 Å². The van der Waals surface area contributed by atoms with E-state index in [0.717, 1.165) is 44.3 Å². The number of amides is 2. The van der Waals surface area contributed by atoms with Crippen molar-refractivity contribution in [1.82, 2.24) is 9.80 Å². The van der Waals surface area contributed by atoms with Gasteiger partial charge in [-0.3, -0.25) is 9.59 Å². The lowest BCUT2D eigenvalue weighted by Crippen LogP contribution is -2.49. The molecule has 1 aromatic rings. The summed E-state index contributed by atoms with van der Waals surface area (Å²) in [6, 6.07) is 9.54. The van der Waals surface area contributed by atoms with Crippen LogP contribution < -0.4 is 0 Å². The average molecular weight is 325 g/mol. The van der Waals surface area contributed by atoms with Crippen molar-refractivity contribution in [2.24, 2.45) is 0 Å². The lowest BCUT2D eigenvalue weighted by molar-refractivity contribution is -0.128. The molecule has 0 saturated carbocycles. The quantitative estimate of drug-likeness (QED) is 0.853. The van der Waals surface area contributed by atoms with Crippen LogP contribution in [0.2, 0.25) is 0 Å². The number of rotatable bonds is 4. The van der Waals surface area contributed by atoms with Crippen LogP contribution in [0, 0.1) is 11.3 Å². The summed E-state index contributed by atoms with van der Waals surface area (Å²) < 4.78 is 0. The van der Waals surface area contributed by atoms with Crippen molar-refractivity contribution in [3.63, 3.8) is 0 Å². The maximum absolute atomic E-state index is 12.9. The van der Waals surface area contributed by atoms with Gasteiger partial charge in [-0.05, 0) is 43.4 Å². The lowest BCUT2D eigenvalue weighted by atomic mass is 9.99. The van der Waals surface area contributed by atoms with E-state index in [9.17, 15) is 9.59 Å². The molecule has 3 rings (SSSR count). The Kier molecular flexibility index (Phi) is 5.14. The SMILES string of the molecule is N#CCc1ccc(C(=O)N2CCCCC2CN2CCCC2=O)cc1. The van der Waals surface area contributed by atoms with E-state index >= 15 is 0 Å². The molecule has 5 nitrogen and oxygen atoms in total. The zero-order valence-corrected chi connectivity index (χ0v) is 13.9. The van der Waals surface area contributed by atoms with Gasteiger partial charge in [-0.25, -0.2) is 0 Å². The number of hydrogen-bond acceptors (Lipinski definition) is 3. The Labute approximate surface area is 142 Å². The van der Waals surface area contributed by atoms with Crippen LogP contribution in [0.15, 0.2) is 24.3 Å². The third-order valence-electron chi connectivity index (χ3n) is 4.97. The average Bonchev–Trinajstić information content (AvgIpc) is 3.01. The molecule has 0 aromatic heterocycles. The van der Waals surface area contributed by atoms with Gasteiger partial charge in [0.1, 0.15) is 0 Å². The molecule has 2 fully saturated rings. The molecule has 0 radical (unpaired) electrons. The minimum Gasteiger partial charge on any atom is -0.341 e. The molecule has 2 aliphatic heterocycles. The number of benzene rings is 1. The maximum Gasteiger partial charge on any atom is 0.254 e. The molecule has 1 unspecified atom stereocenters. The fraction of sp³-hybridized carbons (Fsp3) is 0.526. The van der Waals surface area contributed by atoms with Crippen LogP contribution in [-0.2, 0) is 11.2 Å². The number of nitrogens with zero attached hydrogens (tertiary/aromatic N) is 3. The number of hydrogen-bond donors (Lipinski definition) is 0. The molecule has 2 saturated heterocycles. The molecule has 0 bridgehead atoms. The van der Waals surface area contributed by atoms with Crippen LogP contribution >= 0.6 is 0 Å². The van der Waals surface area contributed by atoms with Gasteiger partial charge in [-0.1, -0.05) is 12.1 Å². The second-order valence-electron chi connectivity index (χ2n) is 6.62. The Morgan fingerprint density at radius 2 is 1.96 bits per heavy atom. The fourth-order valence-electron chi connectivity index (χ4n) is 3.63. The van der Waals surface area contributed by atoms with Crippen molar-refractivity contribution in [3.8, 4) is 6.07 Å². The lowest BCUT2D eigenvalue weighted by Gasteiger charge is -2.38. The minimum absolute atomic E-state index is 0.0369. The third-order valence-corrected chi connectivity index (χ3v) is 4.97. The maximum atomic E-state index is 12.9. The zero-order chi connectivity index (χ0) is 16.9. The van der Waals surface area contributed by atoms with Gasteiger partial charge in [0.05, 0.1) is 12.5 Å². The van der Waals surface area contributed by atoms with Gasteiger partial charge < -0.3 is 9.80 Å². The molecule has 5 heteroatoms. The zero-order valence-electron chi connectivity index (χ0n) is 13.9. The number of piperidine rings is 1. The summed E-state index contributed by atoms with van der Waals surface area (Å²) in [6.07, 6.45) is 5.01. The summed E-state index contributed by atoms with van der Waals surface area (Å²) in [5, 5.41) is 8.74. The highest BCUT2D eigenvalue weighted by Crippen LogP contribution is 2.22. The normalized spacial score (nSPS) is 21.0. The fourth-order valence-corrected chi connectivity index (χ4v) is 3.63. The molecule has 0 aliphatic carbocycles. The summed E-state index contributed by atoms with van der Waals surface area (Å²) >= 11 is 0. The first-order valence-electron chi connectivity index (χ1n) is 8.73. The highest BCUT2D eigenvalue weighted by atomic mass is 16.2. The van der Waals surface area contributed by atoms with Crippen LogP contribution in [0.5, 0.6) is 0 Å². The van der Waals surface area contributed by atoms with Crippen LogP contribution in [0.3, 0.4) is 0 Å². The molecule has 0 spiro atoms. The molecule has 2 amide bonds. The van der Waals surface area contributed by atoms with E-state index in [0.29, 0.717) is 24.9 Å².